The van der Waals surface area contributed by atoms with Gasteiger partial charge in [0.2, 0.25) is 0 Å². The zero-order chi connectivity index (χ0) is 15.2. The number of likely N-dealkylation sites (N-methyl/N-ethyl adjacent to an activating group) is 1. The Labute approximate surface area is 126 Å². The van der Waals surface area contributed by atoms with Gasteiger partial charge in [0.15, 0.2) is 0 Å². The third-order valence-electron chi connectivity index (χ3n) is 3.20. The summed E-state index contributed by atoms with van der Waals surface area (Å²) in [4.78, 5) is 18.4. The lowest BCUT2D eigenvalue weighted by atomic mass is 10.2. The molecule has 1 aromatic rings. The summed E-state index contributed by atoms with van der Waals surface area (Å²) in [5, 5.41) is 0. The molecule has 1 aliphatic rings. The van der Waals surface area contributed by atoms with Crippen molar-refractivity contribution in [2.45, 2.75) is 20.3 Å². The summed E-state index contributed by atoms with van der Waals surface area (Å²) in [7, 11) is 1.76. The van der Waals surface area contributed by atoms with Crippen molar-refractivity contribution in [3.8, 4) is 0 Å². The molecule has 0 atom stereocenters. The lowest BCUT2D eigenvalue weighted by molar-refractivity contribution is -0.121. The van der Waals surface area contributed by atoms with Gasteiger partial charge in [-0.05, 0) is 25.0 Å². The largest absolute Gasteiger partial charge is 0.294 e. The van der Waals surface area contributed by atoms with Crippen molar-refractivity contribution in [1.29, 1.82) is 0 Å². The lowest BCUT2D eigenvalue weighted by Gasteiger charge is -2.12. The van der Waals surface area contributed by atoms with Gasteiger partial charge in [0.25, 0.3) is 5.91 Å². The molecule has 1 amide bonds. The summed E-state index contributed by atoms with van der Waals surface area (Å²) >= 11 is 0. The molecule has 0 unspecified atom stereocenters. The number of nitrogens with zero attached hydrogens (tertiary/aromatic N) is 2. The predicted octanol–water partition coefficient (Wildman–Crippen LogP) is 3.81. The summed E-state index contributed by atoms with van der Waals surface area (Å²) in [6, 6.07) is 9.77. The highest BCUT2D eigenvalue weighted by Gasteiger charge is 2.27. The van der Waals surface area contributed by atoms with Crippen molar-refractivity contribution in [1.82, 2.24) is 4.90 Å². The maximum Gasteiger partial charge on any atom is 0.277 e. The number of carbonyl (C=O) groups excluding carboxylic acids is 1. The van der Waals surface area contributed by atoms with Crippen molar-refractivity contribution in [3.63, 3.8) is 0 Å². The zero-order valence-electron chi connectivity index (χ0n) is 12.7. The van der Waals surface area contributed by atoms with Gasteiger partial charge in [-0.1, -0.05) is 55.5 Å². The molecule has 1 heterocycles. The molecular formula is C18H20N2O. The number of aliphatic imine (C=N–C) groups is 1. The van der Waals surface area contributed by atoms with E-state index in [-0.39, 0.29) is 5.91 Å². The molecule has 0 radical (unpaired) electrons. The Hall–Kier alpha value is -2.42. The number of amidine groups is 1. The van der Waals surface area contributed by atoms with Crippen LogP contribution in [-0.4, -0.2) is 23.7 Å². The van der Waals surface area contributed by atoms with Crippen LogP contribution in [0.15, 0.2) is 64.8 Å². The first kappa shape index (κ1) is 15.0. The van der Waals surface area contributed by atoms with Gasteiger partial charge < -0.3 is 0 Å². The molecule has 0 N–H and O–H groups in total. The van der Waals surface area contributed by atoms with E-state index in [1.54, 1.807) is 11.9 Å². The Morgan fingerprint density at radius 3 is 2.62 bits per heavy atom. The van der Waals surface area contributed by atoms with Crippen LogP contribution >= 0.6 is 0 Å². The van der Waals surface area contributed by atoms with E-state index < -0.39 is 0 Å². The minimum atomic E-state index is -0.0691. The molecule has 2 rings (SSSR count). The topological polar surface area (TPSA) is 32.7 Å². The van der Waals surface area contributed by atoms with E-state index in [9.17, 15) is 4.79 Å². The maximum atomic E-state index is 12.3. The molecule has 0 bridgehead atoms. The molecule has 0 aromatic heterocycles. The van der Waals surface area contributed by atoms with Crippen LogP contribution < -0.4 is 0 Å². The second-order valence-electron chi connectivity index (χ2n) is 4.81. The molecule has 0 saturated heterocycles. The van der Waals surface area contributed by atoms with Crippen LogP contribution in [0.5, 0.6) is 0 Å². The van der Waals surface area contributed by atoms with E-state index in [4.69, 9.17) is 0 Å². The quantitative estimate of drug-likeness (QED) is 0.609. The molecule has 3 heteroatoms. The minimum Gasteiger partial charge on any atom is -0.294 e. The molecular weight excluding hydrogens is 260 g/mol. The molecule has 21 heavy (non-hydrogen) atoms. The highest BCUT2D eigenvalue weighted by molar-refractivity contribution is 6.20. The summed E-state index contributed by atoms with van der Waals surface area (Å²) < 4.78 is 0. The van der Waals surface area contributed by atoms with Crippen LogP contribution in [0.3, 0.4) is 0 Å². The smallest absolute Gasteiger partial charge is 0.277 e. The van der Waals surface area contributed by atoms with Crippen LogP contribution in [0.2, 0.25) is 0 Å². The van der Waals surface area contributed by atoms with Crippen molar-refractivity contribution in [2.75, 3.05) is 7.05 Å². The van der Waals surface area contributed by atoms with Gasteiger partial charge >= 0.3 is 0 Å². The van der Waals surface area contributed by atoms with E-state index in [0.29, 0.717) is 11.5 Å². The average molecular weight is 280 g/mol. The Bertz CT molecular complexity index is 636. The van der Waals surface area contributed by atoms with E-state index in [1.807, 2.05) is 55.5 Å². The third-order valence-corrected chi connectivity index (χ3v) is 3.20. The monoisotopic (exact) mass is 280 g/mol. The van der Waals surface area contributed by atoms with Gasteiger partial charge in [-0.25, -0.2) is 4.99 Å². The van der Waals surface area contributed by atoms with Crippen molar-refractivity contribution in [3.05, 3.63) is 65.4 Å². The maximum absolute atomic E-state index is 12.3. The molecule has 1 aliphatic heterocycles. The second-order valence-corrected chi connectivity index (χ2v) is 4.81. The molecule has 0 fully saturated rings. The van der Waals surface area contributed by atoms with Crippen LogP contribution in [0.4, 0.5) is 0 Å². The normalized spacial score (nSPS) is 18.0. The standard InChI is InChI=1S/C18H20N2O/c1-4-9-15(10-5-2)17-19-16(18(21)20(17)3)13-14-11-7-6-8-12-14/h4,6-13H,5H2,1-3H3/b9-4-,15-10+,16-13-. The van der Waals surface area contributed by atoms with Crippen molar-refractivity contribution < 1.29 is 4.79 Å². The SMILES string of the molecule is C/C=C\C(=C/CC)C1=N/C(=C\c2ccccc2)C(=O)N1C. The Morgan fingerprint density at radius 1 is 1.29 bits per heavy atom. The second kappa shape index (κ2) is 6.84. The molecule has 108 valence electrons. The number of allylic oxidation sites excluding steroid dienone is 2. The number of amides is 1. The predicted molar refractivity (Wildman–Crippen MR) is 87.8 cm³/mol. The van der Waals surface area contributed by atoms with Crippen molar-refractivity contribution >= 4 is 17.8 Å². The van der Waals surface area contributed by atoms with Gasteiger partial charge in [-0.2, -0.15) is 0 Å². The van der Waals surface area contributed by atoms with Gasteiger partial charge in [-0.3, -0.25) is 9.69 Å². The average Bonchev–Trinajstić information content (AvgIpc) is 2.77. The molecule has 1 aromatic carbocycles. The van der Waals surface area contributed by atoms with E-state index >= 15 is 0 Å². The zero-order valence-corrected chi connectivity index (χ0v) is 12.7. The fourth-order valence-electron chi connectivity index (χ4n) is 2.20. The number of carbonyl (C=O) groups is 1. The van der Waals surface area contributed by atoms with Gasteiger partial charge in [-0.15, -0.1) is 0 Å². The van der Waals surface area contributed by atoms with Gasteiger partial charge in [0.1, 0.15) is 11.5 Å². The van der Waals surface area contributed by atoms with E-state index in [0.717, 1.165) is 17.6 Å². The number of benzene rings is 1. The molecule has 0 aliphatic carbocycles. The number of rotatable bonds is 4. The number of hydrogen-bond donors (Lipinski definition) is 0. The van der Waals surface area contributed by atoms with Crippen LogP contribution in [0, 0.1) is 0 Å². The summed E-state index contributed by atoms with van der Waals surface area (Å²) in [5.74, 6) is 0.641. The highest BCUT2D eigenvalue weighted by atomic mass is 16.2. The first-order valence-corrected chi connectivity index (χ1v) is 7.14. The van der Waals surface area contributed by atoms with E-state index in [1.165, 1.54) is 0 Å². The number of hydrogen-bond acceptors (Lipinski definition) is 2. The Balaban J connectivity index is 2.40. The third kappa shape index (κ3) is 3.37. The molecule has 0 spiro atoms. The molecule has 3 nitrogen and oxygen atoms in total. The first-order valence-electron chi connectivity index (χ1n) is 7.14. The van der Waals surface area contributed by atoms with E-state index in [2.05, 4.69) is 18.0 Å². The summed E-state index contributed by atoms with van der Waals surface area (Å²) in [6.07, 6.45) is 8.75. The minimum absolute atomic E-state index is 0.0691. The van der Waals surface area contributed by atoms with Crippen molar-refractivity contribution in [2.24, 2.45) is 4.99 Å². The molecule has 0 saturated carbocycles. The van der Waals surface area contributed by atoms with Crippen LogP contribution in [0.1, 0.15) is 25.8 Å². The Kier molecular flexibility index (Phi) is 4.88. The fraction of sp³-hybridized carbons (Fsp3) is 0.222. The fourth-order valence-corrected chi connectivity index (χ4v) is 2.20. The first-order chi connectivity index (χ1) is 10.2. The summed E-state index contributed by atoms with van der Waals surface area (Å²) in [6.45, 7) is 4.03. The van der Waals surface area contributed by atoms with Crippen LogP contribution in [0.25, 0.3) is 6.08 Å². The Morgan fingerprint density at radius 2 is 2.00 bits per heavy atom. The summed E-state index contributed by atoms with van der Waals surface area (Å²) in [5.41, 5.74) is 2.43. The van der Waals surface area contributed by atoms with Crippen LogP contribution in [-0.2, 0) is 4.79 Å². The highest BCUT2D eigenvalue weighted by Crippen LogP contribution is 2.21. The van der Waals surface area contributed by atoms with Gasteiger partial charge in [0, 0.05) is 12.6 Å². The van der Waals surface area contributed by atoms with Gasteiger partial charge in [0.05, 0.1) is 0 Å². The lowest BCUT2D eigenvalue weighted by Crippen LogP contribution is -2.28.